The molecule has 0 aromatic heterocycles. The molecule has 28 heavy (non-hydrogen) atoms. The molecule has 0 aliphatic heterocycles. The second kappa shape index (κ2) is 9.34. The average molecular weight is 401 g/mol. The molecule has 0 fully saturated rings. The van der Waals surface area contributed by atoms with Crippen molar-refractivity contribution in [2.75, 3.05) is 13.1 Å². The van der Waals surface area contributed by atoms with Gasteiger partial charge in [0.25, 0.3) is 0 Å². The topological polar surface area (TPSA) is 75.3 Å². The number of hydrogen-bond acceptors (Lipinski definition) is 3. The Morgan fingerprint density at radius 3 is 2.54 bits per heavy atom. The highest BCUT2D eigenvalue weighted by Crippen LogP contribution is 2.24. The number of benzene rings is 2. The summed E-state index contributed by atoms with van der Waals surface area (Å²) in [6, 6.07) is 13.4. The molecule has 2 N–H and O–H groups in total. The van der Waals surface area contributed by atoms with E-state index in [1.807, 2.05) is 37.3 Å². The number of aryl methyl sites for hydroxylation is 3. The summed E-state index contributed by atoms with van der Waals surface area (Å²) in [5, 5.41) is 2.85. The van der Waals surface area contributed by atoms with Crippen LogP contribution < -0.4 is 10.0 Å². The van der Waals surface area contributed by atoms with Gasteiger partial charge in [0.05, 0.1) is 4.90 Å². The van der Waals surface area contributed by atoms with E-state index in [4.69, 9.17) is 0 Å². The second-order valence-corrected chi connectivity index (χ2v) is 9.08. The number of carbonyl (C=O) groups is 1. The first-order valence-corrected chi connectivity index (χ1v) is 11.4. The number of hydrogen-bond donors (Lipinski definition) is 2. The molecule has 5 nitrogen and oxygen atoms in total. The highest BCUT2D eigenvalue weighted by molar-refractivity contribution is 7.89. The van der Waals surface area contributed by atoms with Crippen molar-refractivity contribution in [2.24, 2.45) is 0 Å². The van der Waals surface area contributed by atoms with Crippen LogP contribution in [0.1, 0.15) is 41.5 Å². The maximum Gasteiger partial charge on any atom is 0.240 e. The van der Waals surface area contributed by atoms with E-state index in [-0.39, 0.29) is 23.8 Å². The molecule has 2 aromatic rings. The predicted octanol–water partition coefficient (Wildman–Crippen LogP) is 2.90. The number of nitrogens with one attached hydrogen (secondary N) is 2. The van der Waals surface area contributed by atoms with Gasteiger partial charge < -0.3 is 5.32 Å². The number of amides is 1. The predicted molar refractivity (Wildman–Crippen MR) is 111 cm³/mol. The molecule has 6 heteroatoms. The van der Waals surface area contributed by atoms with Gasteiger partial charge in [-0.25, -0.2) is 13.1 Å². The van der Waals surface area contributed by atoms with Crippen molar-refractivity contribution < 1.29 is 13.2 Å². The van der Waals surface area contributed by atoms with Crippen molar-refractivity contribution in [2.45, 2.75) is 50.3 Å². The summed E-state index contributed by atoms with van der Waals surface area (Å²) < 4.78 is 27.5. The standard InChI is InChI=1S/C22H28N2O3S/c1-17-6-2-3-7-18(17)12-14-23-22(25)13-15-24-28(26,27)21-11-10-19-8-4-5-9-20(19)16-21/h2-3,6-7,10-11,16,24H,4-5,8-9,12-15H2,1H3,(H,23,25). The van der Waals surface area contributed by atoms with E-state index >= 15 is 0 Å². The number of sulfonamides is 1. The lowest BCUT2D eigenvalue weighted by Crippen LogP contribution is -2.31. The van der Waals surface area contributed by atoms with Gasteiger partial charge in [0, 0.05) is 19.5 Å². The highest BCUT2D eigenvalue weighted by atomic mass is 32.2. The lowest BCUT2D eigenvalue weighted by Gasteiger charge is -2.16. The average Bonchev–Trinajstić information content (AvgIpc) is 2.69. The van der Waals surface area contributed by atoms with Crippen LogP contribution in [0, 0.1) is 6.92 Å². The summed E-state index contributed by atoms with van der Waals surface area (Å²) in [6.45, 7) is 2.68. The summed E-state index contributed by atoms with van der Waals surface area (Å²) in [5.74, 6) is -0.151. The Balaban J connectivity index is 1.44. The SMILES string of the molecule is Cc1ccccc1CCNC(=O)CCNS(=O)(=O)c1ccc2c(c1)CCCC2. The summed E-state index contributed by atoms with van der Waals surface area (Å²) in [7, 11) is -3.59. The van der Waals surface area contributed by atoms with Crippen LogP contribution in [0.5, 0.6) is 0 Å². The monoisotopic (exact) mass is 400 g/mol. The first-order valence-electron chi connectivity index (χ1n) is 9.88. The van der Waals surface area contributed by atoms with E-state index in [1.165, 1.54) is 16.7 Å². The Bertz CT molecular complexity index is 939. The van der Waals surface area contributed by atoms with Crippen LogP contribution in [-0.2, 0) is 34.1 Å². The molecule has 1 amide bonds. The Morgan fingerprint density at radius 1 is 1.00 bits per heavy atom. The van der Waals surface area contributed by atoms with Gasteiger partial charge in [-0.15, -0.1) is 0 Å². The Labute approximate surface area is 167 Å². The van der Waals surface area contributed by atoms with Crippen LogP contribution in [0.2, 0.25) is 0 Å². The van der Waals surface area contributed by atoms with E-state index in [1.54, 1.807) is 12.1 Å². The van der Waals surface area contributed by atoms with Crippen molar-refractivity contribution in [3.8, 4) is 0 Å². The van der Waals surface area contributed by atoms with Crippen LogP contribution in [0.4, 0.5) is 0 Å². The molecule has 0 radical (unpaired) electrons. The lowest BCUT2D eigenvalue weighted by atomic mass is 9.92. The molecule has 1 aliphatic carbocycles. The van der Waals surface area contributed by atoms with E-state index < -0.39 is 10.0 Å². The minimum absolute atomic E-state index is 0.0929. The smallest absolute Gasteiger partial charge is 0.240 e. The zero-order valence-corrected chi connectivity index (χ0v) is 17.1. The normalized spacial score (nSPS) is 13.8. The fourth-order valence-corrected chi connectivity index (χ4v) is 4.66. The second-order valence-electron chi connectivity index (χ2n) is 7.31. The molecule has 1 aliphatic rings. The molecule has 0 unspecified atom stereocenters. The van der Waals surface area contributed by atoms with Crippen molar-refractivity contribution in [1.82, 2.24) is 10.0 Å². The van der Waals surface area contributed by atoms with Crippen molar-refractivity contribution >= 4 is 15.9 Å². The third-order valence-corrected chi connectivity index (χ3v) is 6.71. The molecule has 0 atom stereocenters. The molecule has 0 saturated carbocycles. The molecule has 3 rings (SSSR count). The molecule has 150 valence electrons. The molecule has 0 saturated heterocycles. The quantitative estimate of drug-likeness (QED) is 0.715. The first kappa shape index (κ1) is 20.6. The fraction of sp³-hybridized carbons (Fsp3) is 0.409. The molecule has 0 bridgehead atoms. The lowest BCUT2D eigenvalue weighted by molar-refractivity contribution is -0.120. The summed E-state index contributed by atoms with van der Waals surface area (Å²) in [5.41, 5.74) is 4.78. The maximum absolute atomic E-state index is 12.5. The zero-order chi connectivity index (χ0) is 20.0. The van der Waals surface area contributed by atoms with Gasteiger partial charge >= 0.3 is 0 Å². The highest BCUT2D eigenvalue weighted by Gasteiger charge is 2.17. The molecule has 0 spiro atoms. The number of rotatable bonds is 8. The van der Waals surface area contributed by atoms with Crippen molar-refractivity contribution in [1.29, 1.82) is 0 Å². The van der Waals surface area contributed by atoms with Gasteiger partial charge in [-0.1, -0.05) is 30.3 Å². The van der Waals surface area contributed by atoms with Gasteiger partial charge in [0.15, 0.2) is 0 Å². The van der Waals surface area contributed by atoms with Gasteiger partial charge in [0.1, 0.15) is 0 Å². The minimum Gasteiger partial charge on any atom is -0.356 e. The molecular weight excluding hydrogens is 372 g/mol. The Kier molecular flexibility index (Phi) is 6.86. The summed E-state index contributed by atoms with van der Waals surface area (Å²) in [6.07, 6.45) is 5.11. The van der Waals surface area contributed by atoms with Crippen LogP contribution in [0.25, 0.3) is 0 Å². The third kappa shape index (κ3) is 5.42. The fourth-order valence-electron chi connectivity index (χ4n) is 3.57. The van der Waals surface area contributed by atoms with Crippen molar-refractivity contribution in [3.63, 3.8) is 0 Å². The summed E-state index contributed by atoms with van der Waals surface area (Å²) in [4.78, 5) is 12.3. The van der Waals surface area contributed by atoms with Crippen molar-refractivity contribution in [3.05, 3.63) is 64.7 Å². The molecular formula is C22H28N2O3S. The molecule has 0 heterocycles. The van der Waals surface area contributed by atoms with Gasteiger partial charge in [-0.3, -0.25) is 4.79 Å². The minimum atomic E-state index is -3.59. The number of fused-ring (bicyclic) bond motifs is 1. The van der Waals surface area contributed by atoms with Gasteiger partial charge in [0.2, 0.25) is 15.9 Å². The Hall–Kier alpha value is -2.18. The number of carbonyl (C=O) groups excluding carboxylic acids is 1. The zero-order valence-electron chi connectivity index (χ0n) is 16.3. The van der Waals surface area contributed by atoms with E-state index in [0.717, 1.165) is 37.7 Å². The van der Waals surface area contributed by atoms with Crippen LogP contribution in [0.15, 0.2) is 47.4 Å². The van der Waals surface area contributed by atoms with E-state index in [9.17, 15) is 13.2 Å². The summed E-state index contributed by atoms with van der Waals surface area (Å²) >= 11 is 0. The van der Waals surface area contributed by atoms with E-state index in [0.29, 0.717) is 6.54 Å². The van der Waals surface area contributed by atoms with Gasteiger partial charge in [-0.2, -0.15) is 0 Å². The van der Waals surface area contributed by atoms with Crippen LogP contribution in [0.3, 0.4) is 0 Å². The van der Waals surface area contributed by atoms with E-state index in [2.05, 4.69) is 10.0 Å². The first-order chi connectivity index (χ1) is 13.5. The largest absolute Gasteiger partial charge is 0.356 e. The van der Waals surface area contributed by atoms with Crippen LogP contribution in [-0.4, -0.2) is 27.4 Å². The Morgan fingerprint density at radius 2 is 1.75 bits per heavy atom. The third-order valence-electron chi connectivity index (χ3n) is 5.25. The van der Waals surface area contributed by atoms with Crippen LogP contribution >= 0.6 is 0 Å². The maximum atomic E-state index is 12.5. The molecule has 2 aromatic carbocycles. The van der Waals surface area contributed by atoms with Gasteiger partial charge in [-0.05, 0) is 73.4 Å².